The molecule has 1 aromatic rings. The number of hydrazone groups is 1. The standard InChI is InChI=1S/C11H13ClN2O2/c1-2-16-11(15)14-13-8-7-9-3-5-10(12)6-4-9/h3-6,8H,2,7H2,1H3,(H,14,15)/b13-8+. The van der Waals surface area contributed by atoms with E-state index in [0.29, 0.717) is 18.1 Å². The van der Waals surface area contributed by atoms with Crippen molar-refractivity contribution >= 4 is 23.9 Å². The van der Waals surface area contributed by atoms with E-state index in [9.17, 15) is 4.79 Å². The fraction of sp³-hybridized carbons (Fsp3) is 0.273. The van der Waals surface area contributed by atoms with Gasteiger partial charge in [-0.3, -0.25) is 0 Å². The van der Waals surface area contributed by atoms with E-state index in [0.717, 1.165) is 5.56 Å². The number of hydrogen-bond donors (Lipinski definition) is 1. The second-order valence-corrected chi connectivity index (χ2v) is 3.41. The van der Waals surface area contributed by atoms with Gasteiger partial charge in [-0.15, -0.1) is 0 Å². The highest BCUT2D eigenvalue weighted by molar-refractivity contribution is 6.30. The predicted molar refractivity (Wildman–Crippen MR) is 63.8 cm³/mol. The zero-order valence-corrected chi connectivity index (χ0v) is 9.70. The van der Waals surface area contributed by atoms with Crippen molar-refractivity contribution in [1.29, 1.82) is 0 Å². The molecule has 0 aromatic heterocycles. The molecule has 4 nitrogen and oxygen atoms in total. The molecule has 0 saturated heterocycles. The van der Waals surface area contributed by atoms with Gasteiger partial charge in [0.05, 0.1) is 6.61 Å². The normalized spacial score (nSPS) is 10.4. The SMILES string of the molecule is CCOC(=O)N/N=C/Cc1ccc(Cl)cc1. The first-order valence-electron chi connectivity index (χ1n) is 4.91. The molecule has 0 aliphatic rings. The zero-order chi connectivity index (χ0) is 11.8. The van der Waals surface area contributed by atoms with Crippen molar-refractivity contribution in [2.75, 3.05) is 6.61 Å². The van der Waals surface area contributed by atoms with Crippen LogP contribution >= 0.6 is 11.6 Å². The maximum absolute atomic E-state index is 10.8. The number of nitrogens with one attached hydrogen (secondary N) is 1. The third kappa shape index (κ3) is 4.79. The number of rotatable bonds is 4. The second-order valence-electron chi connectivity index (χ2n) is 2.97. The summed E-state index contributed by atoms with van der Waals surface area (Å²) in [6, 6.07) is 7.42. The molecule has 0 unspecified atom stereocenters. The topological polar surface area (TPSA) is 50.7 Å². The number of benzene rings is 1. The molecule has 0 bridgehead atoms. The fourth-order valence-corrected chi connectivity index (χ4v) is 1.16. The first kappa shape index (κ1) is 12.5. The van der Waals surface area contributed by atoms with Crippen LogP contribution in [0.15, 0.2) is 29.4 Å². The summed E-state index contributed by atoms with van der Waals surface area (Å²) in [6.07, 6.45) is 1.68. The van der Waals surface area contributed by atoms with Crippen LogP contribution in [-0.2, 0) is 11.2 Å². The lowest BCUT2D eigenvalue weighted by atomic mass is 10.2. The summed E-state index contributed by atoms with van der Waals surface area (Å²) in [5.74, 6) is 0. The molecule has 0 heterocycles. The lowest BCUT2D eigenvalue weighted by Crippen LogP contribution is -2.18. The van der Waals surface area contributed by atoms with Crippen LogP contribution < -0.4 is 5.43 Å². The highest BCUT2D eigenvalue weighted by Crippen LogP contribution is 2.09. The van der Waals surface area contributed by atoms with Crippen LogP contribution in [0.4, 0.5) is 4.79 Å². The quantitative estimate of drug-likeness (QED) is 0.650. The second kappa shape index (κ2) is 6.85. The zero-order valence-electron chi connectivity index (χ0n) is 8.94. The molecule has 1 amide bonds. The summed E-state index contributed by atoms with van der Waals surface area (Å²) in [6.45, 7) is 2.07. The summed E-state index contributed by atoms with van der Waals surface area (Å²) in [5.41, 5.74) is 3.32. The van der Waals surface area contributed by atoms with E-state index in [4.69, 9.17) is 11.6 Å². The van der Waals surface area contributed by atoms with E-state index in [1.165, 1.54) is 0 Å². The number of carbonyl (C=O) groups excluding carboxylic acids is 1. The monoisotopic (exact) mass is 240 g/mol. The Kier molecular flexibility index (Phi) is 5.36. The Morgan fingerprint density at radius 2 is 2.19 bits per heavy atom. The summed E-state index contributed by atoms with van der Waals surface area (Å²) in [5, 5.41) is 4.42. The molecule has 1 N–H and O–H groups in total. The van der Waals surface area contributed by atoms with E-state index < -0.39 is 6.09 Å². The Balaban J connectivity index is 2.31. The van der Waals surface area contributed by atoms with Gasteiger partial charge in [0.15, 0.2) is 0 Å². The Labute approximate surface area is 99.2 Å². The maximum Gasteiger partial charge on any atom is 0.427 e. The Morgan fingerprint density at radius 3 is 2.81 bits per heavy atom. The van der Waals surface area contributed by atoms with E-state index in [1.807, 2.05) is 24.3 Å². The van der Waals surface area contributed by atoms with Gasteiger partial charge in [0.1, 0.15) is 0 Å². The number of carbonyl (C=O) groups is 1. The summed E-state index contributed by atoms with van der Waals surface area (Å²) < 4.78 is 4.63. The van der Waals surface area contributed by atoms with E-state index in [1.54, 1.807) is 13.1 Å². The lowest BCUT2D eigenvalue weighted by Gasteiger charge is -1.99. The van der Waals surface area contributed by atoms with Gasteiger partial charge < -0.3 is 4.74 Å². The molecular formula is C11H13ClN2O2. The summed E-state index contributed by atoms with van der Waals surface area (Å²) >= 11 is 5.74. The van der Waals surface area contributed by atoms with Crippen molar-refractivity contribution in [2.45, 2.75) is 13.3 Å². The highest BCUT2D eigenvalue weighted by Gasteiger charge is 1.95. The smallest absolute Gasteiger partial charge is 0.427 e. The fourth-order valence-electron chi connectivity index (χ4n) is 1.03. The van der Waals surface area contributed by atoms with Gasteiger partial charge in [-0.05, 0) is 24.6 Å². The minimum atomic E-state index is -0.546. The largest absolute Gasteiger partial charge is 0.449 e. The molecule has 0 radical (unpaired) electrons. The van der Waals surface area contributed by atoms with Crippen molar-refractivity contribution < 1.29 is 9.53 Å². The molecule has 0 atom stereocenters. The van der Waals surface area contributed by atoms with E-state index in [-0.39, 0.29) is 0 Å². The van der Waals surface area contributed by atoms with Gasteiger partial charge in [-0.25, -0.2) is 10.2 Å². The van der Waals surface area contributed by atoms with Crippen LogP contribution in [-0.4, -0.2) is 18.9 Å². The lowest BCUT2D eigenvalue weighted by molar-refractivity contribution is 0.152. The van der Waals surface area contributed by atoms with Crippen molar-refractivity contribution in [3.8, 4) is 0 Å². The van der Waals surface area contributed by atoms with E-state index >= 15 is 0 Å². The third-order valence-electron chi connectivity index (χ3n) is 1.76. The molecule has 16 heavy (non-hydrogen) atoms. The molecule has 0 aliphatic carbocycles. The van der Waals surface area contributed by atoms with Crippen molar-refractivity contribution in [3.63, 3.8) is 0 Å². The van der Waals surface area contributed by atoms with Crippen molar-refractivity contribution in [3.05, 3.63) is 34.9 Å². The van der Waals surface area contributed by atoms with Gasteiger partial charge in [0, 0.05) is 17.7 Å². The Hall–Kier alpha value is -1.55. The number of amides is 1. The van der Waals surface area contributed by atoms with Gasteiger partial charge in [0.25, 0.3) is 0 Å². The van der Waals surface area contributed by atoms with Gasteiger partial charge >= 0.3 is 6.09 Å². The van der Waals surface area contributed by atoms with Gasteiger partial charge in [-0.1, -0.05) is 23.7 Å². The third-order valence-corrected chi connectivity index (χ3v) is 2.01. The Bertz CT molecular complexity index is 363. The predicted octanol–water partition coefficient (Wildman–Crippen LogP) is 2.61. The van der Waals surface area contributed by atoms with Gasteiger partial charge in [0.2, 0.25) is 0 Å². The molecule has 0 saturated carbocycles. The number of hydrogen-bond acceptors (Lipinski definition) is 3. The van der Waals surface area contributed by atoms with Crippen LogP contribution in [0.25, 0.3) is 0 Å². The molecule has 1 aromatic carbocycles. The Morgan fingerprint density at radius 1 is 1.50 bits per heavy atom. The average molecular weight is 241 g/mol. The van der Waals surface area contributed by atoms with Crippen LogP contribution in [0.1, 0.15) is 12.5 Å². The molecule has 0 aliphatic heterocycles. The molecular weight excluding hydrogens is 228 g/mol. The molecule has 0 spiro atoms. The summed E-state index contributed by atoms with van der Waals surface area (Å²) in [7, 11) is 0. The number of halogens is 1. The van der Waals surface area contributed by atoms with Crippen molar-refractivity contribution in [2.24, 2.45) is 5.10 Å². The first-order valence-corrected chi connectivity index (χ1v) is 5.29. The minimum absolute atomic E-state index is 0.332. The van der Waals surface area contributed by atoms with Crippen LogP contribution in [0, 0.1) is 0 Å². The number of ether oxygens (including phenoxy) is 1. The molecule has 5 heteroatoms. The average Bonchev–Trinajstić information content (AvgIpc) is 2.27. The molecule has 0 fully saturated rings. The maximum atomic E-state index is 10.8. The van der Waals surface area contributed by atoms with Crippen molar-refractivity contribution in [1.82, 2.24) is 5.43 Å². The number of nitrogens with zero attached hydrogens (tertiary/aromatic N) is 1. The molecule has 86 valence electrons. The van der Waals surface area contributed by atoms with Crippen LogP contribution in [0.3, 0.4) is 0 Å². The van der Waals surface area contributed by atoms with Crippen LogP contribution in [0.5, 0.6) is 0 Å². The summed E-state index contributed by atoms with van der Waals surface area (Å²) in [4.78, 5) is 10.8. The van der Waals surface area contributed by atoms with E-state index in [2.05, 4.69) is 15.3 Å². The molecule has 1 rings (SSSR count). The minimum Gasteiger partial charge on any atom is -0.449 e. The highest BCUT2D eigenvalue weighted by atomic mass is 35.5. The van der Waals surface area contributed by atoms with Crippen LogP contribution in [0.2, 0.25) is 5.02 Å². The first-order chi connectivity index (χ1) is 7.72. The van der Waals surface area contributed by atoms with Gasteiger partial charge in [-0.2, -0.15) is 5.10 Å².